The second-order valence-electron chi connectivity index (χ2n) is 11.3. The number of carbonyl (C=O) groups excluding carboxylic acids is 6. The lowest BCUT2D eigenvalue weighted by Crippen LogP contribution is -2.43. The maximum Gasteiger partial charge on any atom is 0.407 e. The fraction of sp³-hybridized carbons (Fsp3) is 0.333. The predicted molar refractivity (Wildman–Crippen MR) is 173 cm³/mol. The molecule has 3 amide bonds. The van der Waals surface area contributed by atoms with E-state index in [-0.39, 0.29) is 81.9 Å². The molecule has 0 unspecified atom stereocenters. The molecule has 1 aliphatic carbocycles. The predicted octanol–water partition coefficient (Wildman–Crippen LogP) is 3.63. The van der Waals surface area contributed by atoms with Crippen molar-refractivity contribution in [2.24, 2.45) is 0 Å². The lowest BCUT2D eigenvalue weighted by molar-refractivity contribution is -0.130. The van der Waals surface area contributed by atoms with Crippen molar-refractivity contribution in [3.8, 4) is 11.1 Å². The van der Waals surface area contributed by atoms with Crippen LogP contribution in [0.2, 0.25) is 0 Å². The van der Waals surface area contributed by atoms with E-state index in [1.807, 2.05) is 78.9 Å². The Morgan fingerprint density at radius 3 is 2.00 bits per heavy atom. The average molecular weight is 642 g/mol. The summed E-state index contributed by atoms with van der Waals surface area (Å²) in [5.41, 5.74) is 5.18. The van der Waals surface area contributed by atoms with Gasteiger partial charge < -0.3 is 25.4 Å². The monoisotopic (exact) mass is 641 g/mol. The van der Waals surface area contributed by atoms with Crippen LogP contribution in [0.25, 0.3) is 11.1 Å². The number of amides is 3. The highest BCUT2D eigenvalue weighted by Gasteiger charge is 2.29. The minimum absolute atomic E-state index is 0.111. The van der Waals surface area contributed by atoms with E-state index in [1.54, 1.807) is 0 Å². The number of carbonyl (C=O) groups is 6. The molecule has 11 heteroatoms. The molecule has 246 valence electrons. The van der Waals surface area contributed by atoms with E-state index < -0.39 is 23.9 Å². The van der Waals surface area contributed by atoms with Crippen LogP contribution in [-0.2, 0) is 39.9 Å². The number of benzene rings is 3. The molecule has 0 bridgehead atoms. The van der Waals surface area contributed by atoms with Crippen LogP contribution in [0, 0.1) is 0 Å². The first kappa shape index (κ1) is 34.7. The minimum Gasteiger partial charge on any atom is -0.449 e. The topological polar surface area (TPSA) is 157 Å². The zero-order chi connectivity index (χ0) is 33.6. The van der Waals surface area contributed by atoms with E-state index in [0.29, 0.717) is 0 Å². The third-order valence-electron chi connectivity index (χ3n) is 7.69. The van der Waals surface area contributed by atoms with E-state index in [9.17, 15) is 28.8 Å². The Labute approximate surface area is 273 Å². The van der Waals surface area contributed by atoms with Gasteiger partial charge in [0.25, 0.3) is 0 Å². The maximum atomic E-state index is 13.0. The van der Waals surface area contributed by atoms with Gasteiger partial charge in [-0.15, -0.1) is 0 Å². The van der Waals surface area contributed by atoms with Gasteiger partial charge in [-0.1, -0.05) is 78.9 Å². The summed E-state index contributed by atoms with van der Waals surface area (Å²) in [6.45, 7) is 0.894. The molecule has 3 N–H and O–H groups in total. The van der Waals surface area contributed by atoms with Crippen molar-refractivity contribution in [2.75, 3.05) is 26.5 Å². The number of nitrogens with one attached hydrogen (secondary N) is 3. The summed E-state index contributed by atoms with van der Waals surface area (Å²) in [7, 11) is 0. The molecule has 0 aromatic heterocycles. The maximum absolute atomic E-state index is 13.0. The average Bonchev–Trinajstić information content (AvgIpc) is 3.39. The van der Waals surface area contributed by atoms with E-state index in [1.165, 1.54) is 6.92 Å². The molecular weight excluding hydrogens is 602 g/mol. The summed E-state index contributed by atoms with van der Waals surface area (Å²) in [6, 6.07) is 24.2. The fourth-order valence-electron chi connectivity index (χ4n) is 5.35. The van der Waals surface area contributed by atoms with Gasteiger partial charge in [0.15, 0.2) is 17.3 Å². The van der Waals surface area contributed by atoms with Gasteiger partial charge in [-0.3, -0.25) is 24.0 Å². The number of hydrogen-bond acceptors (Lipinski definition) is 8. The summed E-state index contributed by atoms with van der Waals surface area (Å²) in [4.78, 5) is 73.7. The summed E-state index contributed by atoms with van der Waals surface area (Å²) in [5, 5.41) is 7.63. The smallest absolute Gasteiger partial charge is 0.407 e. The fourth-order valence-corrected chi connectivity index (χ4v) is 5.35. The number of fused-ring (bicyclic) bond motifs is 3. The van der Waals surface area contributed by atoms with Crippen LogP contribution in [0.5, 0.6) is 0 Å². The Balaban J connectivity index is 1.20. The Kier molecular flexibility index (Phi) is 12.9. The van der Waals surface area contributed by atoms with E-state index in [4.69, 9.17) is 9.47 Å². The standard InChI is InChI=1S/C36H39N3O8/c1-24(40)21-46-23-38-34(43)18-16-33(42)32(19-25-9-3-2-4-10-25)39-35(44)17-15-26(41)20-37-36(45)47-22-31-29-13-7-5-11-27(29)28-12-6-8-14-30(28)31/h2-14,31-32H,15-23H2,1H3,(H,37,45)(H,38,43)(H,39,44)/t32-/m0/s1. The molecule has 0 heterocycles. The first-order valence-corrected chi connectivity index (χ1v) is 15.5. The molecule has 0 spiro atoms. The van der Waals surface area contributed by atoms with Crippen LogP contribution in [0.3, 0.4) is 0 Å². The van der Waals surface area contributed by atoms with Gasteiger partial charge in [-0.2, -0.15) is 0 Å². The lowest BCUT2D eigenvalue weighted by atomic mass is 9.98. The van der Waals surface area contributed by atoms with Gasteiger partial charge in [-0.25, -0.2) is 4.79 Å². The second-order valence-corrected chi connectivity index (χ2v) is 11.3. The van der Waals surface area contributed by atoms with Crippen LogP contribution in [0.1, 0.15) is 55.2 Å². The normalized spacial score (nSPS) is 12.3. The molecule has 0 aliphatic heterocycles. The van der Waals surface area contributed by atoms with Gasteiger partial charge in [0, 0.05) is 31.6 Å². The van der Waals surface area contributed by atoms with Crippen molar-refractivity contribution in [1.29, 1.82) is 0 Å². The van der Waals surface area contributed by atoms with Crippen molar-refractivity contribution in [1.82, 2.24) is 16.0 Å². The Morgan fingerprint density at radius 1 is 0.723 bits per heavy atom. The molecule has 4 rings (SSSR count). The SMILES string of the molecule is CC(=O)COCNC(=O)CCC(=O)[C@H](Cc1ccccc1)NC(=O)CCC(=O)CNC(=O)OCC1c2ccccc2-c2ccccc21. The number of ketones is 3. The lowest BCUT2D eigenvalue weighted by Gasteiger charge is -2.18. The third-order valence-corrected chi connectivity index (χ3v) is 7.69. The van der Waals surface area contributed by atoms with Gasteiger partial charge in [0.05, 0.1) is 12.6 Å². The third kappa shape index (κ3) is 10.7. The van der Waals surface area contributed by atoms with Gasteiger partial charge >= 0.3 is 6.09 Å². The van der Waals surface area contributed by atoms with Crippen molar-refractivity contribution >= 4 is 35.3 Å². The van der Waals surface area contributed by atoms with Crippen molar-refractivity contribution in [3.63, 3.8) is 0 Å². The highest BCUT2D eigenvalue weighted by Crippen LogP contribution is 2.44. The quantitative estimate of drug-likeness (QED) is 0.140. The van der Waals surface area contributed by atoms with Gasteiger partial charge in [0.1, 0.15) is 19.9 Å². The summed E-state index contributed by atoms with van der Waals surface area (Å²) in [6.07, 6.45) is -1.09. The Bertz CT molecular complexity index is 1540. The molecule has 11 nitrogen and oxygen atoms in total. The molecule has 1 aliphatic rings. The Hall–Kier alpha value is -5.16. The van der Waals surface area contributed by atoms with Crippen LogP contribution in [0.4, 0.5) is 4.79 Å². The number of Topliss-reactive ketones (excluding diaryl/α,β-unsaturated/α-hetero) is 3. The summed E-state index contributed by atoms with van der Waals surface area (Å²) >= 11 is 0. The highest BCUT2D eigenvalue weighted by atomic mass is 16.5. The summed E-state index contributed by atoms with van der Waals surface area (Å²) < 4.78 is 10.5. The number of hydrogen-bond donors (Lipinski definition) is 3. The molecule has 1 atom stereocenters. The zero-order valence-electron chi connectivity index (χ0n) is 26.3. The minimum atomic E-state index is -0.902. The molecular formula is C36H39N3O8. The molecule has 0 radical (unpaired) electrons. The van der Waals surface area contributed by atoms with Crippen molar-refractivity contribution < 1.29 is 38.2 Å². The molecule has 47 heavy (non-hydrogen) atoms. The molecule has 3 aromatic rings. The number of ether oxygens (including phenoxy) is 2. The van der Waals surface area contributed by atoms with Crippen LogP contribution >= 0.6 is 0 Å². The van der Waals surface area contributed by atoms with E-state index in [0.717, 1.165) is 27.8 Å². The first-order valence-electron chi connectivity index (χ1n) is 15.5. The van der Waals surface area contributed by atoms with E-state index in [2.05, 4.69) is 16.0 Å². The first-order chi connectivity index (χ1) is 22.7. The van der Waals surface area contributed by atoms with Crippen molar-refractivity contribution in [2.45, 2.75) is 51.0 Å². The number of alkyl carbamates (subject to hydrolysis) is 1. The highest BCUT2D eigenvalue weighted by molar-refractivity contribution is 5.93. The molecule has 0 saturated carbocycles. The Morgan fingerprint density at radius 2 is 1.34 bits per heavy atom. The van der Waals surface area contributed by atoms with Crippen molar-refractivity contribution in [3.05, 3.63) is 95.6 Å². The second kappa shape index (κ2) is 17.5. The zero-order valence-corrected chi connectivity index (χ0v) is 26.3. The summed E-state index contributed by atoms with van der Waals surface area (Å²) in [5.74, 6) is -1.94. The van der Waals surface area contributed by atoms with Crippen LogP contribution < -0.4 is 16.0 Å². The van der Waals surface area contributed by atoms with Gasteiger partial charge in [-0.05, 0) is 41.2 Å². The largest absolute Gasteiger partial charge is 0.449 e. The van der Waals surface area contributed by atoms with E-state index >= 15 is 0 Å². The van der Waals surface area contributed by atoms with Gasteiger partial charge in [0.2, 0.25) is 11.8 Å². The van der Waals surface area contributed by atoms with Crippen LogP contribution in [0.15, 0.2) is 78.9 Å². The van der Waals surface area contributed by atoms with Crippen LogP contribution in [-0.4, -0.2) is 67.8 Å². The number of rotatable bonds is 18. The molecule has 0 fully saturated rings. The molecule has 3 aromatic carbocycles. The molecule has 0 saturated heterocycles.